The Kier molecular flexibility index (Phi) is 1.28. The van der Waals surface area contributed by atoms with Crippen LogP contribution >= 0.6 is 0 Å². The highest BCUT2D eigenvalue weighted by molar-refractivity contribution is 6.33. The molecule has 0 saturated heterocycles. The minimum Gasteiger partial charge on any atom is -0.351 e. The van der Waals surface area contributed by atoms with E-state index in [1.54, 1.807) is 0 Å². The molecule has 1 heterocycles. The van der Waals surface area contributed by atoms with Gasteiger partial charge in [-0.25, -0.2) is 0 Å². The van der Waals surface area contributed by atoms with Crippen molar-refractivity contribution in [3.05, 3.63) is 30.5 Å². The Labute approximate surface area is 67.0 Å². The summed E-state index contributed by atoms with van der Waals surface area (Å²) in [5.74, 6) is 0. The van der Waals surface area contributed by atoms with Gasteiger partial charge in [0.25, 0.3) is 0 Å². The van der Waals surface area contributed by atoms with Crippen molar-refractivity contribution in [3.8, 4) is 0 Å². The second-order valence-electron chi connectivity index (χ2n) is 2.99. The Hall–Kier alpha value is -1.18. The molecule has 1 nitrogen and oxygen atoms in total. The molecule has 0 aliphatic carbocycles. The molecule has 0 fully saturated rings. The molecule has 0 aliphatic rings. The third kappa shape index (κ3) is 0.948. The molecule has 2 aromatic rings. The van der Waals surface area contributed by atoms with Gasteiger partial charge in [0.05, 0.1) is 0 Å². The minimum absolute atomic E-state index is 1.30. The molecule has 0 saturated carbocycles. The molecule has 1 aromatic heterocycles. The van der Waals surface area contributed by atoms with Crippen LogP contribution < -0.4 is 5.46 Å². The number of fused-ring (bicyclic) bond motifs is 1. The smallest absolute Gasteiger partial charge is 0.139 e. The van der Waals surface area contributed by atoms with Crippen LogP contribution in [0.1, 0.15) is 0 Å². The van der Waals surface area contributed by atoms with Crippen molar-refractivity contribution >= 4 is 24.2 Å². The Morgan fingerprint density at radius 1 is 1.27 bits per heavy atom. The Balaban J connectivity index is 2.86. The molecule has 0 bridgehead atoms. The van der Waals surface area contributed by atoms with E-state index in [4.69, 9.17) is 0 Å². The molecule has 1 aromatic carbocycles. The molecule has 2 rings (SSSR count). The van der Waals surface area contributed by atoms with Crippen molar-refractivity contribution in [1.82, 2.24) is 4.57 Å². The maximum Gasteiger partial charge on any atom is 0.139 e. The van der Waals surface area contributed by atoms with E-state index in [0.717, 1.165) is 0 Å². The van der Waals surface area contributed by atoms with E-state index in [1.165, 1.54) is 16.4 Å². The summed E-state index contributed by atoms with van der Waals surface area (Å²) >= 11 is 0. The first-order valence-electron chi connectivity index (χ1n) is 3.79. The maximum absolute atomic E-state index is 2.20. The lowest BCUT2D eigenvalue weighted by Gasteiger charge is -1.95. The van der Waals surface area contributed by atoms with Gasteiger partial charge in [-0.05, 0) is 17.5 Å². The minimum atomic E-state index is 1.30. The molecule has 0 radical (unpaired) electrons. The summed E-state index contributed by atoms with van der Waals surface area (Å²) in [6.45, 7) is 0. The predicted octanol–water partition coefficient (Wildman–Crippen LogP) is 0.437. The zero-order valence-electron chi connectivity index (χ0n) is 6.83. The summed E-state index contributed by atoms with van der Waals surface area (Å²) in [5, 5.41) is 1.33. The second kappa shape index (κ2) is 2.16. The van der Waals surface area contributed by atoms with E-state index in [2.05, 4.69) is 49.9 Å². The largest absolute Gasteiger partial charge is 0.351 e. The van der Waals surface area contributed by atoms with Gasteiger partial charge in [0, 0.05) is 18.8 Å². The lowest BCUT2D eigenvalue weighted by molar-refractivity contribution is 0.969. The first-order valence-corrected chi connectivity index (χ1v) is 3.79. The maximum atomic E-state index is 2.20. The number of hydrogen-bond acceptors (Lipinski definition) is 0. The summed E-state index contributed by atoms with van der Waals surface area (Å²) in [4.78, 5) is 0. The van der Waals surface area contributed by atoms with Crippen LogP contribution in [0.25, 0.3) is 10.9 Å². The summed E-state index contributed by atoms with van der Waals surface area (Å²) in [6.07, 6.45) is 2.09. The lowest BCUT2D eigenvalue weighted by Crippen LogP contribution is -1.99. The van der Waals surface area contributed by atoms with Crippen LogP contribution in [0, 0.1) is 0 Å². The van der Waals surface area contributed by atoms with Gasteiger partial charge in [-0.2, -0.15) is 0 Å². The van der Waals surface area contributed by atoms with Crippen molar-refractivity contribution in [2.45, 2.75) is 0 Å². The fourth-order valence-corrected chi connectivity index (χ4v) is 1.40. The van der Waals surface area contributed by atoms with Crippen molar-refractivity contribution in [2.24, 2.45) is 7.05 Å². The third-order valence-electron chi connectivity index (χ3n) is 2.04. The van der Waals surface area contributed by atoms with Gasteiger partial charge in [0.15, 0.2) is 0 Å². The average Bonchev–Trinajstić information content (AvgIpc) is 2.32. The first-order chi connectivity index (χ1) is 5.27. The molecular weight excluding hydrogens is 133 g/mol. The van der Waals surface area contributed by atoms with Crippen molar-refractivity contribution in [3.63, 3.8) is 0 Å². The van der Waals surface area contributed by atoms with Crippen molar-refractivity contribution in [2.75, 3.05) is 0 Å². The van der Waals surface area contributed by atoms with E-state index >= 15 is 0 Å². The van der Waals surface area contributed by atoms with Gasteiger partial charge in [0.1, 0.15) is 7.85 Å². The highest BCUT2D eigenvalue weighted by atomic mass is 14.9. The highest BCUT2D eigenvalue weighted by Gasteiger charge is 1.95. The fraction of sp³-hybridized carbons (Fsp3) is 0.111. The van der Waals surface area contributed by atoms with Crippen LogP contribution in [0.3, 0.4) is 0 Å². The molecule has 0 amide bonds. The quantitative estimate of drug-likeness (QED) is 0.471. The topological polar surface area (TPSA) is 4.93 Å². The van der Waals surface area contributed by atoms with E-state index in [1.807, 2.05) is 0 Å². The van der Waals surface area contributed by atoms with Crippen molar-refractivity contribution < 1.29 is 0 Å². The average molecular weight is 143 g/mol. The van der Waals surface area contributed by atoms with Gasteiger partial charge in [-0.1, -0.05) is 17.6 Å². The van der Waals surface area contributed by atoms with Gasteiger partial charge in [0.2, 0.25) is 0 Å². The van der Waals surface area contributed by atoms with E-state index < -0.39 is 0 Å². The molecule has 0 N–H and O–H groups in total. The standard InChI is InChI=1S/C9H10BN/c1-11-5-4-7-6-8(10)2-3-9(7)11/h2-6H,10H2,1H3. The van der Waals surface area contributed by atoms with Gasteiger partial charge in [-0.3, -0.25) is 0 Å². The van der Waals surface area contributed by atoms with Gasteiger partial charge in [-0.15, -0.1) is 0 Å². The first kappa shape index (κ1) is 6.53. The predicted molar refractivity (Wildman–Crippen MR) is 51.1 cm³/mol. The zero-order valence-corrected chi connectivity index (χ0v) is 6.83. The van der Waals surface area contributed by atoms with Crippen LogP contribution in [0.5, 0.6) is 0 Å². The number of nitrogens with zero attached hydrogens (tertiary/aromatic N) is 1. The summed E-state index contributed by atoms with van der Waals surface area (Å²) in [5.41, 5.74) is 2.62. The second-order valence-corrected chi connectivity index (χ2v) is 2.99. The molecule has 0 spiro atoms. The number of benzene rings is 1. The molecule has 0 unspecified atom stereocenters. The SMILES string of the molecule is Bc1ccc2c(ccn2C)c1. The number of aromatic nitrogens is 1. The van der Waals surface area contributed by atoms with Crippen LogP contribution in [0.15, 0.2) is 30.5 Å². The van der Waals surface area contributed by atoms with Gasteiger partial charge >= 0.3 is 0 Å². The van der Waals surface area contributed by atoms with Gasteiger partial charge < -0.3 is 4.57 Å². The van der Waals surface area contributed by atoms with E-state index in [-0.39, 0.29) is 0 Å². The monoisotopic (exact) mass is 143 g/mol. The van der Waals surface area contributed by atoms with E-state index in [0.29, 0.717) is 0 Å². The summed E-state index contributed by atoms with van der Waals surface area (Å²) in [7, 11) is 4.18. The summed E-state index contributed by atoms with van der Waals surface area (Å²) in [6, 6.07) is 8.64. The lowest BCUT2D eigenvalue weighted by atomic mass is 9.95. The number of aryl methyl sites for hydroxylation is 1. The van der Waals surface area contributed by atoms with Crippen molar-refractivity contribution in [1.29, 1.82) is 0 Å². The molecule has 54 valence electrons. The molecule has 0 aliphatic heterocycles. The Bertz CT molecular complexity index is 389. The fourth-order valence-electron chi connectivity index (χ4n) is 1.40. The molecule has 2 heteroatoms. The third-order valence-corrected chi connectivity index (χ3v) is 2.04. The number of rotatable bonds is 0. The number of hydrogen-bond donors (Lipinski definition) is 0. The molecule has 11 heavy (non-hydrogen) atoms. The Morgan fingerprint density at radius 3 is 2.91 bits per heavy atom. The van der Waals surface area contributed by atoms with Crippen LogP contribution in [0.4, 0.5) is 0 Å². The zero-order chi connectivity index (χ0) is 7.84. The van der Waals surface area contributed by atoms with E-state index in [9.17, 15) is 0 Å². The van der Waals surface area contributed by atoms with Crippen LogP contribution in [-0.4, -0.2) is 12.4 Å². The molecule has 0 atom stereocenters. The Morgan fingerprint density at radius 2 is 2.09 bits per heavy atom. The highest BCUT2D eigenvalue weighted by Crippen LogP contribution is 2.11. The molecular formula is C9H10BN. The van der Waals surface area contributed by atoms with Crippen LogP contribution in [-0.2, 0) is 7.05 Å². The van der Waals surface area contributed by atoms with Crippen LogP contribution in [0.2, 0.25) is 0 Å². The summed E-state index contributed by atoms with van der Waals surface area (Å²) < 4.78 is 2.13. The normalized spacial score (nSPS) is 10.6.